The molecule has 0 aliphatic carbocycles. The predicted octanol–water partition coefficient (Wildman–Crippen LogP) is 0.371. The lowest BCUT2D eigenvalue weighted by Gasteiger charge is -2.12. The normalized spacial score (nSPS) is 10.1. The fourth-order valence-electron chi connectivity index (χ4n) is 1.29. The lowest BCUT2D eigenvalue weighted by Crippen LogP contribution is -2.37. The molecule has 7 nitrogen and oxygen atoms in total. The quantitative estimate of drug-likeness (QED) is 0.704. The molecular formula is C10H20N6O. The number of urea groups is 1. The molecule has 0 radical (unpaired) electrons. The van der Waals surface area contributed by atoms with E-state index in [9.17, 15) is 4.79 Å². The van der Waals surface area contributed by atoms with Crippen molar-refractivity contribution in [3.05, 3.63) is 6.20 Å². The lowest BCUT2D eigenvalue weighted by molar-refractivity contribution is 0.218. The molecule has 1 aromatic heterocycles. The van der Waals surface area contributed by atoms with Gasteiger partial charge >= 0.3 is 6.03 Å². The van der Waals surface area contributed by atoms with Crippen LogP contribution in [0.25, 0.3) is 0 Å². The van der Waals surface area contributed by atoms with Crippen LogP contribution in [0.4, 0.5) is 10.6 Å². The van der Waals surface area contributed by atoms with Crippen molar-refractivity contribution in [2.24, 2.45) is 0 Å². The van der Waals surface area contributed by atoms with E-state index in [1.165, 1.54) is 4.90 Å². The van der Waals surface area contributed by atoms with Gasteiger partial charge in [-0.3, -0.25) is 0 Å². The van der Waals surface area contributed by atoms with Crippen LogP contribution in [0, 0.1) is 0 Å². The molecule has 0 bridgehead atoms. The molecule has 0 aliphatic rings. The van der Waals surface area contributed by atoms with Crippen molar-refractivity contribution in [1.29, 1.82) is 0 Å². The molecule has 0 fully saturated rings. The van der Waals surface area contributed by atoms with E-state index in [1.807, 2.05) is 4.68 Å². The highest BCUT2D eigenvalue weighted by atomic mass is 16.2. The van der Waals surface area contributed by atoms with Gasteiger partial charge in [-0.2, -0.15) is 0 Å². The highest BCUT2D eigenvalue weighted by Gasteiger charge is 2.03. The van der Waals surface area contributed by atoms with Crippen LogP contribution in [-0.4, -0.2) is 53.1 Å². The summed E-state index contributed by atoms with van der Waals surface area (Å²) in [7, 11) is 3.42. The van der Waals surface area contributed by atoms with Gasteiger partial charge in [0.25, 0.3) is 0 Å². The van der Waals surface area contributed by atoms with Crippen molar-refractivity contribution in [3.8, 4) is 0 Å². The molecule has 96 valence electrons. The van der Waals surface area contributed by atoms with Crippen LogP contribution >= 0.6 is 0 Å². The third kappa shape index (κ3) is 4.29. The minimum atomic E-state index is -0.0907. The van der Waals surface area contributed by atoms with Crippen molar-refractivity contribution < 1.29 is 4.79 Å². The molecule has 2 amide bonds. The molecule has 0 saturated heterocycles. The molecule has 0 unspecified atom stereocenters. The topological polar surface area (TPSA) is 75.1 Å². The number of anilines is 1. The fourth-order valence-corrected chi connectivity index (χ4v) is 1.29. The zero-order chi connectivity index (χ0) is 12.7. The van der Waals surface area contributed by atoms with Gasteiger partial charge in [-0.1, -0.05) is 12.1 Å². The second-order valence-corrected chi connectivity index (χ2v) is 3.90. The van der Waals surface area contributed by atoms with Crippen LogP contribution < -0.4 is 10.6 Å². The van der Waals surface area contributed by atoms with E-state index < -0.39 is 0 Å². The van der Waals surface area contributed by atoms with Gasteiger partial charge in [0.15, 0.2) is 0 Å². The molecule has 0 aromatic carbocycles. The van der Waals surface area contributed by atoms with Gasteiger partial charge in [-0.25, -0.2) is 9.48 Å². The second kappa shape index (κ2) is 6.72. The summed E-state index contributed by atoms with van der Waals surface area (Å²) in [5, 5.41) is 13.7. The van der Waals surface area contributed by atoms with Crippen LogP contribution in [-0.2, 0) is 6.54 Å². The number of aryl methyl sites for hydroxylation is 1. The van der Waals surface area contributed by atoms with Crippen molar-refractivity contribution in [3.63, 3.8) is 0 Å². The summed E-state index contributed by atoms with van der Waals surface area (Å²) in [5.74, 6) is 0.881. The monoisotopic (exact) mass is 240 g/mol. The third-order valence-corrected chi connectivity index (χ3v) is 2.17. The average Bonchev–Trinajstić information content (AvgIpc) is 2.72. The first-order valence-corrected chi connectivity index (χ1v) is 5.72. The number of amides is 2. The number of hydrogen-bond acceptors (Lipinski definition) is 4. The smallest absolute Gasteiger partial charge is 0.316 e. The van der Waals surface area contributed by atoms with Gasteiger partial charge in [0, 0.05) is 33.7 Å². The minimum absolute atomic E-state index is 0.0907. The maximum atomic E-state index is 11.2. The summed E-state index contributed by atoms with van der Waals surface area (Å²) >= 11 is 0. The fraction of sp³-hybridized carbons (Fsp3) is 0.700. The highest BCUT2D eigenvalue weighted by molar-refractivity contribution is 5.73. The summed E-state index contributed by atoms with van der Waals surface area (Å²) < 4.78 is 1.81. The molecular weight excluding hydrogens is 220 g/mol. The van der Waals surface area contributed by atoms with Gasteiger partial charge in [-0.05, 0) is 6.42 Å². The number of nitrogens with zero attached hydrogens (tertiary/aromatic N) is 4. The third-order valence-electron chi connectivity index (χ3n) is 2.17. The van der Waals surface area contributed by atoms with Gasteiger partial charge in [0.2, 0.25) is 0 Å². The number of carbonyl (C=O) groups excluding carboxylic acids is 1. The number of carbonyl (C=O) groups is 1. The Morgan fingerprint density at radius 1 is 1.47 bits per heavy atom. The van der Waals surface area contributed by atoms with Crippen LogP contribution in [0.2, 0.25) is 0 Å². The second-order valence-electron chi connectivity index (χ2n) is 3.90. The van der Waals surface area contributed by atoms with Crippen LogP contribution in [0.5, 0.6) is 0 Å². The predicted molar refractivity (Wildman–Crippen MR) is 65.9 cm³/mol. The van der Waals surface area contributed by atoms with E-state index in [0.717, 1.165) is 18.8 Å². The highest BCUT2D eigenvalue weighted by Crippen LogP contribution is 2.03. The summed E-state index contributed by atoms with van der Waals surface area (Å²) in [6.07, 6.45) is 2.69. The minimum Gasteiger partial charge on any atom is -0.367 e. The van der Waals surface area contributed by atoms with E-state index in [2.05, 4.69) is 27.9 Å². The average molecular weight is 240 g/mol. The summed E-state index contributed by atoms with van der Waals surface area (Å²) in [5.41, 5.74) is 0. The van der Waals surface area contributed by atoms with Gasteiger partial charge in [0.1, 0.15) is 5.82 Å². The van der Waals surface area contributed by atoms with Crippen LogP contribution in [0.1, 0.15) is 13.3 Å². The van der Waals surface area contributed by atoms with E-state index >= 15 is 0 Å². The molecule has 2 N–H and O–H groups in total. The molecule has 1 heterocycles. The number of hydrogen-bond donors (Lipinski definition) is 2. The molecule has 1 aromatic rings. The Labute approximate surface area is 101 Å². The van der Waals surface area contributed by atoms with Crippen molar-refractivity contribution in [1.82, 2.24) is 25.2 Å². The maximum Gasteiger partial charge on any atom is 0.316 e. The van der Waals surface area contributed by atoms with E-state index in [4.69, 9.17) is 0 Å². The first-order valence-electron chi connectivity index (χ1n) is 5.72. The largest absolute Gasteiger partial charge is 0.367 e. The molecule has 0 aliphatic heterocycles. The van der Waals surface area contributed by atoms with Crippen LogP contribution in [0.3, 0.4) is 0 Å². The molecule has 0 atom stereocenters. The first kappa shape index (κ1) is 13.3. The maximum absolute atomic E-state index is 11.2. The van der Waals surface area contributed by atoms with Gasteiger partial charge < -0.3 is 15.5 Å². The molecule has 7 heteroatoms. The SMILES string of the molecule is CCCn1nncc1NCCNC(=O)N(C)C. The van der Waals surface area contributed by atoms with E-state index in [-0.39, 0.29) is 6.03 Å². The molecule has 17 heavy (non-hydrogen) atoms. The summed E-state index contributed by atoms with van der Waals surface area (Å²) in [6, 6.07) is -0.0907. The Bertz CT molecular complexity index is 348. The first-order chi connectivity index (χ1) is 8.15. The standard InChI is InChI=1S/C10H20N6O/c1-4-7-16-9(8-13-14-16)11-5-6-12-10(17)15(2)3/h8,11H,4-7H2,1-3H3,(H,12,17). The van der Waals surface area contributed by atoms with E-state index in [1.54, 1.807) is 20.3 Å². The Hall–Kier alpha value is -1.79. The molecule has 0 saturated carbocycles. The van der Waals surface area contributed by atoms with Gasteiger partial charge in [0.05, 0.1) is 6.20 Å². The molecule has 1 rings (SSSR count). The number of nitrogens with one attached hydrogen (secondary N) is 2. The van der Waals surface area contributed by atoms with Gasteiger partial charge in [-0.15, -0.1) is 5.10 Å². The summed E-state index contributed by atoms with van der Waals surface area (Å²) in [4.78, 5) is 12.7. The zero-order valence-electron chi connectivity index (χ0n) is 10.6. The molecule has 0 spiro atoms. The van der Waals surface area contributed by atoms with E-state index in [0.29, 0.717) is 13.1 Å². The Kier molecular flexibility index (Phi) is 5.25. The van der Waals surface area contributed by atoms with Crippen molar-refractivity contribution in [2.45, 2.75) is 19.9 Å². The number of rotatable bonds is 6. The number of aromatic nitrogens is 3. The zero-order valence-corrected chi connectivity index (χ0v) is 10.6. The van der Waals surface area contributed by atoms with Crippen molar-refractivity contribution >= 4 is 11.8 Å². The summed E-state index contributed by atoms with van der Waals surface area (Å²) in [6.45, 7) is 4.14. The lowest BCUT2D eigenvalue weighted by atomic mass is 10.5. The Morgan fingerprint density at radius 3 is 2.88 bits per heavy atom. The Morgan fingerprint density at radius 2 is 2.24 bits per heavy atom. The van der Waals surface area contributed by atoms with Crippen molar-refractivity contribution in [2.75, 3.05) is 32.5 Å². The Balaban J connectivity index is 2.26. The van der Waals surface area contributed by atoms with Crippen LogP contribution in [0.15, 0.2) is 6.20 Å².